The van der Waals surface area contributed by atoms with E-state index in [2.05, 4.69) is 25.4 Å². The molecule has 10 rings (SSSR count). The third-order valence-electron chi connectivity index (χ3n) is 14.0. The lowest BCUT2D eigenvalue weighted by Gasteiger charge is -2.40. The normalized spacial score (nSPS) is 18.4. The van der Waals surface area contributed by atoms with Gasteiger partial charge in [-0.1, -0.05) is 78.9 Å². The number of hydrogen-bond acceptors (Lipinski definition) is 11. The van der Waals surface area contributed by atoms with Crippen molar-refractivity contribution in [2.24, 2.45) is 5.92 Å². The van der Waals surface area contributed by atoms with Crippen molar-refractivity contribution in [2.45, 2.75) is 43.8 Å². The second-order valence-corrected chi connectivity index (χ2v) is 18.3. The average molecular weight is 953 g/mol. The molecule has 360 valence electrons. The molecule has 4 aromatic carbocycles. The molecule has 2 aromatic heterocycles. The van der Waals surface area contributed by atoms with E-state index in [0.717, 1.165) is 54.2 Å². The van der Waals surface area contributed by atoms with Crippen LogP contribution in [0.25, 0.3) is 11.1 Å². The van der Waals surface area contributed by atoms with Gasteiger partial charge in [-0.3, -0.25) is 58.6 Å². The summed E-state index contributed by atoms with van der Waals surface area (Å²) < 4.78 is 5.61. The number of carbonyl (C=O) groups is 7. The number of piperidine rings is 2. The van der Waals surface area contributed by atoms with Gasteiger partial charge < -0.3 is 19.5 Å². The Hall–Kier alpha value is -8.24. The van der Waals surface area contributed by atoms with E-state index in [-0.39, 0.29) is 35.6 Å². The number of imide groups is 2. The molecule has 0 aliphatic carbocycles. The standard InChI is InChI=1S/C55H52N8O8/c64-47-22-21-45(50(65)57-47)63-52(67)43-20-19-42(33-44(43)53(63)68)60-30-28-59(29-31-60)35-36-23-26-61(27-24-36)55(70)48(39-11-5-2-6-12-39)58-51(66)49(40-13-7-25-56-34-40)62(54(69)46-14-8-32-71-46)41-17-15-38(16-18-41)37-9-3-1-4-10-37/h1-20,25,32-34,36,45,48-49H,21-24,26-31,35H2,(H,58,66)(H,57,64,65). The van der Waals surface area contributed by atoms with Crippen molar-refractivity contribution in [1.82, 2.24) is 30.3 Å². The Morgan fingerprint density at radius 3 is 2.08 bits per heavy atom. The van der Waals surface area contributed by atoms with Gasteiger partial charge in [0.15, 0.2) is 5.76 Å². The molecule has 0 radical (unpaired) electrons. The number of benzene rings is 4. The van der Waals surface area contributed by atoms with E-state index < -0.39 is 53.6 Å². The number of carbonyl (C=O) groups excluding carboxylic acids is 7. The summed E-state index contributed by atoms with van der Waals surface area (Å²) in [5.41, 5.74) is 4.75. The van der Waals surface area contributed by atoms with Gasteiger partial charge in [0.2, 0.25) is 23.6 Å². The number of pyridine rings is 1. The summed E-state index contributed by atoms with van der Waals surface area (Å²) in [6.45, 7) is 4.83. The summed E-state index contributed by atoms with van der Waals surface area (Å²) in [4.78, 5) is 108. The molecule has 4 aliphatic rings. The fourth-order valence-electron chi connectivity index (χ4n) is 10.2. The fourth-order valence-corrected chi connectivity index (χ4v) is 10.2. The summed E-state index contributed by atoms with van der Waals surface area (Å²) in [5.74, 6) is -3.10. The molecule has 3 unspecified atom stereocenters. The van der Waals surface area contributed by atoms with Gasteiger partial charge in [-0.2, -0.15) is 0 Å². The second-order valence-electron chi connectivity index (χ2n) is 18.3. The SMILES string of the molecule is O=C1CCC(N2C(=O)c3ccc(N4CCN(CC5CCN(C(=O)C(NC(=O)C(c6cccnc6)N(C(=O)c6ccco6)c6ccc(-c7ccccc7)cc6)c6ccccc6)CC5)CC4)cc3C2=O)C(=O)N1. The number of rotatable bonds is 13. The number of nitrogens with one attached hydrogen (secondary N) is 2. The molecule has 6 heterocycles. The number of nitrogens with zero attached hydrogens (tertiary/aromatic N) is 6. The predicted octanol–water partition coefficient (Wildman–Crippen LogP) is 6.05. The molecule has 3 atom stereocenters. The van der Waals surface area contributed by atoms with E-state index in [0.29, 0.717) is 48.9 Å². The maximum atomic E-state index is 15.1. The largest absolute Gasteiger partial charge is 0.459 e. The number of fused-ring (bicyclic) bond motifs is 1. The van der Waals surface area contributed by atoms with Gasteiger partial charge in [0, 0.05) is 81.6 Å². The molecule has 4 aliphatic heterocycles. The van der Waals surface area contributed by atoms with Crippen LogP contribution in [-0.4, -0.2) is 113 Å². The third-order valence-corrected chi connectivity index (χ3v) is 14.0. The molecule has 0 bridgehead atoms. The van der Waals surface area contributed by atoms with Crippen molar-refractivity contribution < 1.29 is 38.0 Å². The third kappa shape index (κ3) is 9.70. The molecule has 3 saturated heterocycles. The molecule has 16 heteroatoms. The molecule has 3 fully saturated rings. The summed E-state index contributed by atoms with van der Waals surface area (Å²) in [6.07, 6.45) is 6.26. The van der Waals surface area contributed by atoms with Crippen LogP contribution in [-0.2, 0) is 19.2 Å². The Bertz CT molecular complexity index is 2940. The van der Waals surface area contributed by atoms with E-state index in [9.17, 15) is 28.8 Å². The smallest absolute Gasteiger partial charge is 0.294 e. The van der Waals surface area contributed by atoms with Gasteiger partial charge in [-0.05, 0) is 90.4 Å². The average Bonchev–Trinajstić information content (AvgIpc) is 4.04. The number of furan rings is 1. The minimum atomic E-state index is -1.25. The number of likely N-dealkylation sites (tertiary alicyclic amines) is 1. The molecular formula is C55H52N8O8. The van der Waals surface area contributed by atoms with Crippen LogP contribution in [0.1, 0.15) is 80.2 Å². The highest BCUT2D eigenvalue weighted by atomic mass is 16.3. The van der Waals surface area contributed by atoms with Crippen LogP contribution in [0, 0.1) is 5.92 Å². The number of aromatic nitrogens is 1. The van der Waals surface area contributed by atoms with Gasteiger partial charge >= 0.3 is 0 Å². The van der Waals surface area contributed by atoms with Crippen molar-refractivity contribution >= 4 is 52.7 Å². The van der Waals surface area contributed by atoms with E-state index in [1.165, 1.54) is 11.2 Å². The van der Waals surface area contributed by atoms with Crippen LogP contribution in [0.15, 0.2) is 150 Å². The molecule has 6 aromatic rings. The Kier molecular flexibility index (Phi) is 13.3. The topological polar surface area (TPSA) is 186 Å². The van der Waals surface area contributed by atoms with Crippen LogP contribution in [0.3, 0.4) is 0 Å². The predicted molar refractivity (Wildman–Crippen MR) is 263 cm³/mol. The van der Waals surface area contributed by atoms with Gasteiger partial charge in [0.25, 0.3) is 17.7 Å². The fraction of sp³-hybridized carbons (Fsp3) is 0.273. The Balaban J connectivity index is 0.802. The Labute approximate surface area is 410 Å². The van der Waals surface area contributed by atoms with E-state index in [4.69, 9.17) is 4.42 Å². The van der Waals surface area contributed by atoms with Crippen molar-refractivity contribution in [3.8, 4) is 11.1 Å². The van der Waals surface area contributed by atoms with E-state index >= 15 is 4.79 Å². The van der Waals surface area contributed by atoms with Crippen molar-refractivity contribution in [3.05, 3.63) is 174 Å². The first-order valence-corrected chi connectivity index (χ1v) is 24.0. The number of anilines is 2. The number of piperazine rings is 1. The lowest BCUT2D eigenvalue weighted by Crippen LogP contribution is -2.54. The first kappa shape index (κ1) is 46.5. The second kappa shape index (κ2) is 20.4. The van der Waals surface area contributed by atoms with Crippen molar-refractivity contribution in [3.63, 3.8) is 0 Å². The Morgan fingerprint density at radius 1 is 0.718 bits per heavy atom. The number of amides is 7. The first-order valence-electron chi connectivity index (χ1n) is 24.0. The maximum Gasteiger partial charge on any atom is 0.294 e. The lowest BCUT2D eigenvalue weighted by atomic mass is 9.94. The van der Waals surface area contributed by atoms with E-state index in [1.807, 2.05) is 83.8 Å². The van der Waals surface area contributed by atoms with Crippen LogP contribution in [0.5, 0.6) is 0 Å². The minimum absolute atomic E-state index is 0.0383. The van der Waals surface area contributed by atoms with Crippen LogP contribution >= 0.6 is 0 Å². The maximum absolute atomic E-state index is 15.1. The summed E-state index contributed by atoms with van der Waals surface area (Å²) >= 11 is 0. The van der Waals surface area contributed by atoms with Crippen LogP contribution < -0.4 is 20.4 Å². The zero-order valence-electron chi connectivity index (χ0n) is 38.9. The van der Waals surface area contributed by atoms with Gasteiger partial charge in [-0.25, -0.2) is 0 Å². The van der Waals surface area contributed by atoms with Gasteiger partial charge in [-0.15, -0.1) is 0 Å². The zero-order chi connectivity index (χ0) is 49.0. The lowest BCUT2D eigenvalue weighted by molar-refractivity contribution is -0.138. The first-order chi connectivity index (χ1) is 34.6. The molecular weight excluding hydrogens is 901 g/mol. The number of hydrogen-bond donors (Lipinski definition) is 2. The van der Waals surface area contributed by atoms with Gasteiger partial charge in [0.05, 0.1) is 17.4 Å². The summed E-state index contributed by atoms with van der Waals surface area (Å²) in [6, 6.07) is 34.9. The zero-order valence-corrected chi connectivity index (χ0v) is 38.9. The highest BCUT2D eigenvalue weighted by Gasteiger charge is 2.45. The molecule has 2 N–H and O–H groups in total. The monoisotopic (exact) mass is 952 g/mol. The summed E-state index contributed by atoms with van der Waals surface area (Å²) in [5, 5.41) is 5.33. The molecule has 0 saturated carbocycles. The van der Waals surface area contributed by atoms with Crippen molar-refractivity contribution in [1.29, 1.82) is 0 Å². The van der Waals surface area contributed by atoms with Crippen LogP contribution in [0.4, 0.5) is 11.4 Å². The van der Waals surface area contributed by atoms with E-state index in [1.54, 1.807) is 60.9 Å². The summed E-state index contributed by atoms with van der Waals surface area (Å²) in [7, 11) is 0. The van der Waals surface area contributed by atoms with Crippen molar-refractivity contribution in [2.75, 3.05) is 55.6 Å². The highest BCUT2D eigenvalue weighted by molar-refractivity contribution is 6.23. The molecule has 16 nitrogen and oxygen atoms in total. The molecule has 7 amide bonds. The van der Waals surface area contributed by atoms with Gasteiger partial charge in [0.1, 0.15) is 18.1 Å². The quantitative estimate of drug-likeness (QED) is 0.129. The van der Waals surface area contributed by atoms with Crippen LogP contribution in [0.2, 0.25) is 0 Å². The minimum Gasteiger partial charge on any atom is -0.459 e. The molecule has 71 heavy (non-hydrogen) atoms. The molecule has 0 spiro atoms. The highest BCUT2D eigenvalue weighted by Crippen LogP contribution is 2.35. The Morgan fingerprint density at radius 2 is 1.41 bits per heavy atom.